The topological polar surface area (TPSA) is 111 Å². The van der Waals surface area contributed by atoms with Gasteiger partial charge in [0, 0.05) is 12.1 Å². The van der Waals surface area contributed by atoms with Gasteiger partial charge in [0.1, 0.15) is 0 Å². The molecule has 3 amide bonds. The predicted octanol–water partition coefficient (Wildman–Crippen LogP) is 2.69. The van der Waals surface area contributed by atoms with Crippen molar-refractivity contribution in [2.75, 3.05) is 6.61 Å². The molecule has 1 aromatic carbocycles. The number of nitro groups is 1. The largest absolute Gasteiger partial charge is 0.477 e. The van der Waals surface area contributed by atoms with Crippen molar-refractivity contribution in [1.82, 2.24) is 10.6 Å². The summed E-state index contributed by atoms with van der Waals surface area (Å²) in [4.78, 5) is 34.2. The summed E-state index contributed by atoms with van der Waals surface area (Å²) in [5, 5.41) is 16.0. The molecule has 2 N–H and O–H groups in total. The Morgan fingerprint density at radius 2 is 2.04 bits per heavy atom. The lowest BCUT2D eigenvalue weighted by Crippen LogP contribution is -2.48. The van der Waals surface area contributed by atoms with E-state index in [1.165, 1.54) is 12.1 Å². The van der Waals surface area contributed by atoms with Crippen molar-refractivity contribution in [3.8, 4) is 5.75 Å². The fourth-order valence-corrected chi connectivity index (χ4v) is 2.93. The molecule has 1 saturated carbocycles. The summed E-state index contributed by atoms with van der Waals surface area (Å²) in [6.45, 7) is 3.32. The van der Waals surface area contributed by atoms with Gasteiger partial charge in [-0.1, -0.05) is 25.8 Å². The first-order valence-corrected chi connectivity index (χ1v) is 8.35. The minimum Gasteiger partial charge on any atom is -0.477 e. The van der Waals surface area contributed by atoms with Crippen LogP contribution in [0.25, 0.3) is 0 Å². The molecule has 0 heterocycles. The molecular formula is C17H23N3O5. The second-order valence-electron chi connectivity index (χ2n) is 6.41. The number of carbonyl (C=O) groups excluding carboxylic acids is 2. The van der Waals surface area contributed by atoms with Crippen LogP contribution in [0.3, 0.4) is 0 Å². The first-order valence-electron chi connectivity index (χ1n) is 8.35. The summed E-state index contributed by atoms with van der Waals surface area (Å²) in [5.41, 5.74) is 0.498. The van der Waals surface area contributed by atoms with E-state index in [-0.39, 0.29) is 17.5 Å². The molecule has 0 radical (unpaired) electrons. The van der Waals surface area contributed by atoms with E-state index in [9.17, 15) is 19.7 Å². The number of nitro benzene ring substituents is 1. The molecular weight excluding hydrogens is 326 g/mol. The number of hydrogen-bond acceptors (Lipinski definition) is 5. The van der Waals surface area contributed by atoms with Gasteiger partial charge in [-0.2, -0.15) is 0 Å². The Morgan fingerprint density at radius 3 is 2.72 bits per heavy atom. The van der Waals surface area contributed by atoms with Crippen molar-refractivity contribution < 1.29 is 19.2 Å². The van der Waals surface area contributed by atoms with Crippen molar-refractivity contribution >= 4 is 17.6 Å². The second-order valence-corrected chi connectivity index (χ2v) is 6.41. The van der Waals surface area contributed by atoms with E-state index in [1.807, 2.05) is 0 Å². The van der Waals surface area contributed by atoms with Crippen molar-refractivity contribution in [2.45, 2.75) is 45.6 Å². The number of nitrogens with one attached hydrogen (secondary N) is 2. The van der Waals surface area contributed by atoms with Crippen LogP contribution in [0, 0.1) is 23.0 Å². The Labute approximate surface area is 146 Å². The minimum atomic E-state index is -0.657. The molecule has 1 aromatic rings. The molecule has 1 aliphatic rings. The Morgan fingerprint density at radius 1 is 1.32 bits per heavy atom. The van der Waals surface area contributed by atoms with Crippen LogP contribution in [-0.4, -0.2) is 29.5 Å². The molecule has 0 bridgehead atoms. The van der Waals surface area contributed by atoms with Gasteiger partial charge in [0.05, 0.1) is 4.92 Å². The van der Waals surface area contributed by atoms with Gasteiger partial charge in [-0.15, -0.1) is 0 Å². The zero-order valence-electron chi connectivity index (χ0n) is 14.4. The van der Waals surface area contributed by atoms with Crippen molar-refractivity contribution in [2.24, 2.45) is 5.92 Å². The standard InChI is InChI=1S/C17H23N3O5/c1-11-7-8-15(14(9-11)20(23)24)25-10-16(21)19-17(22)18-13-6-4-3-5-12(13)2/h7-9,12-13H,3-6,10H2,1-2H3,(H2,18,19,21,22)/t12-,13+/m0/s1. The third-order valence-corrected chi connectivity index (χ3v) is 4.35. The zero-order valence-corrected chi connectivity index (χ0v) is 14.4. The zero-order chi connectivity index (χ0) is 18.4. The molecule has 1 aliphatic carbocycles. The molecule has 8 nitrogen and oxygen atoms in total. The third kappa shape index (κ3) is 5.44. The summed E-state index contributed by atoms with van der Waals surface area (Å²) in [7, 11) is 0. The quantitative estimate of drug-likeness (QED) is 0.627. The summed E-state index contributed by atoms with van der Waals surface area (Å²) in [5.74, 6) is -0.288. The maximum absolute atomic E-state index is 11.9. The molecule has 8 heteroatoms. The van der Waals surface area contributed by atoms with Gasteiger partial charge in [-0.25, -0.2) is 4.79 Å². The van der Waals surface area contributed by atoms with Crippen LogP contribution in [0.5, 0.6) is 5.75 Å². The van der Waals surface area contributed by atoms with Crippen LogP contribution in [0.1, 0.15) is 38.2 Å². The van der Waals surface area contributed by atoms with Gasteiger partial charge in [0.25, 0.3) is 5.91 Å². The molecule has 0 saturated heterocycles. The Kier molecular flexibility index (Phi) is 6.32. The number of hydrogen-bond donors (Lipinski definition) is 2. The maximum atomic E-state index is 11.9. The van der Waals surface area contributed by atoms with E-state index in [2.05, 4.69) is 17.6 Å². The van der Waals surface area contributed by atoms with Gasteiger partial charge in [-0.3, -0.25) is 20.2 Å². The fourth-order valence-electron chi connectivity index (χ4n) is 2.93. The van der Waals surface area contributed by atoms with Crippen LogP contribution in [-0.2, 0) is 4.79 Å². The number of benzene rings is 1. The number of amides is 3. The highest BCUT2D eigenvalue weighted by Gasteiger charge is 2.23. The lowest BCUT2D eigenvalue weighted by atomic mass is 9.86. The summed E-state index contributed by atoms with van der Waals surface area (Å²) >= 11 is 0. The van der Waals surface area contributed by atoms with Crippen LogP contribution in [0.15, 0.2) is 18.2 Å². The number of ether oxygens (including phenoxy) is 1. The average molecular weight is 349 g/mol. The van der Waals surface area contributed by atoms with Crippen molar-refractivity contribution in [3.05, 3.63) is 33.9 Å². The van der Waals surface area contributed by atoms with Gasteiger partial charge >= 0.3 is 11.7 Å². The number of carbonyl (C=O) groups is 2. The van der Waals surface area contributed by atoms with E-state index in [0.29, 0.717) is 11.5 Å². The van der Waals surface area contributed by atoms with E-state index >= 15 is 0 Å². The highest BCUT2D eigenvalue weighted by atomic mass is 16.6. The summed E-state index contributed by atoms with van der Waals surface area (Å²) in [6, 6.07) is 3.94. The molecule has 1 fully saturated rings. The Bertz CT molecular complexity index is 662. The van der Waals surface area contributed by atoms with E-state index in [0.717, 1.165) is 25.7 Å². The van der Waals surface area contributed by atoms with Crippen LogP contribution < -0.4 is 15.4 Å². The Hall–Kier alpha value is -2.64. The molecule has 2 rings (SSSR count). The molecule has 0 unspecified atom stereocenters. The number of aryl methyl sites for hydroxylation is 1. The molecule has 2 atom stereocenters. The lowest BCUT2D eigenvalue weighted by molar-refractivity contribution is -0.385. The van der Waals surface area contributed by atoms with Gasteiger partial charge in [0.2, 0.25) is 0 Å². The van der Waals surface area contributed by atoms with Crippen LogP contribution in [0.4, 0.5) is 10.5 Å². The smallest absolute Gasteiger partial charge is 0.321 e. The fraction of sp³-hybridized carbons (Fsp3) is 0.529. The van der Waals surface area contributed by atoms with E-state index in [4.69, 9.17) is 4.74 Å². The normalized spacial score (nSPS) is 19.8. The number of urea groups is 1. The Balaban J connectivity index is 1.84. The minimum absolute atomic E-state index is 0.00735. The lowest BCUT2D eigenvalue weighted by Gasteiger charge is -2.29. The van der Waals surface area contributed by atoms with E-state index in [1.54, 1.807) is 13.0 Å². The van der Waals surface area contributed by atoms with Crippen LogP contribution in [0.2, 0.25) is 0 Å². The van der Waals surface area contributed by atoms with Crippen molar-refractivity contribution in [3.63, 3.8) is 0 Å². The van der Waals surface area contributed by atoms with Crippen LogP contribution >= 0.6 is 0 Å². The van der Waals surface area contributed by atoms with E-state index < -0.39 is 23.5 Å². The molecule has 25 heavy (non-hydrogen) atoms. The number of nitrogens with zero attached hydrogens (tertiary/aromatic N) is 1. The molecule has 0 aliphatic heterocycles. The van der Waals surface area contributed by atoms with Gasteiger partial charge < -0.3 is 10.1 Å². The number of imide groups is 1. The summed E-state index contributed by atoms with van der Waals surface area (Å²) in [6.07, 6.45) is 4.17. The molecule has 136 valence electrons. The van der Waals surface area contributed by atoms with Crippen molar-refractivity contribution in [1.29, 1.82) is 0 Å². The maximum Gasteiger partial charge on any atom is 0.321 e. The molecule has 0 spiro atoms. The van der Waals surface area contributed by atoms with Gasteiger partial charge in [-0.05, 0) is 37.3 Å². The highest BCUT2D eigenvalue weighted by molar-refractivity contribution is 5.95. The second kappa shape index (κ2) is 8.46. The predicted molar refractivity (Wildman–Crippen MR) is 91.4 cm³/mol. The third-order valence-electron chi connectivity index (χ3n) is 4.35. The first-order chi connectivity index (χ1) is 11.9. The summed E-state index contributed by atoms with van der Waals surface area (Å²) < 4.78 is 5.19. The molecule has 0 aromatic heterocycles. The van der Waals surface area contributed by atoms with Gasteiger partial charge in [0.15, 0.2) is 12.4 Å². The monoisotopic (exact) mass is 349 g/mol. The first kappa shape index (κ1) is 18.7. The highest BCUT2D eigenvalue weighted by Crippen LogP contribution is 2.27. The number of rotatable bonds is 5. The average Bonchev–Trinajstić information content (AvgIpc) is 2.55. The SMILES string of the molecule is Cc1ccc(OCC(=O)NC(=O)N[C@@H]2CCCC[C@@H]2C)c([N+](=O)[O-])c1.